The van der Waals surface area contributed by atoms with Gasteiger partial charge in [0.1, 0.15) is 0 Å². The molecule has 0 radical (unpaired) electrons. The highest BCUT2D eigenvalue weighted by molar-refractivity contribution is 5.77. The minimum atomic E-state index is -0.0984. The quantitative estimate of drug-likeness (QED) is 0.796. The predicted octanol–water partition coefficient (Wildman–Crippen LogP) is 1.59. The molecule has 0 aliphatic rings. The van der Waals surface area contributed by atoms with Crippen LogP contribution in [0.3, 0.4) is 0 Å². The van der Waals surface area contributed by atoms with Crippen molar-refractivity contribution in [2.45, 2.75) is 13.5 Å². The van der Waals surface area contributed by atoms with Gasteiger partial charge in [-0.15, -0.1) is 0 Å². The number of hydrogen-bond donors (Lipinski definition) is 1. The van der Waals surface area contributed by atoms with Crippen LogP contribution in [0.2, 0.25) is 0 Å². The first-order chi connectivity index (χ1) is 7.24. The van der Waals surface area contributed by atoms with E-state index in [1.54, 1.807) is 7.05 Å². The fourth-order valence-corrected chi connectivity index (χ4v) is 1.25. The molecule has 1 aromatic carbocycles. The number of ether oxygens (including phenoxy) is 1. The molecule has 3 heteroatoms. The van der Waals surface area contributed by atoms with E-state index in [0.717, 1.165) is 5.56 Å². The van der Waals surface area contributed by atoms with Gasteiger partial charge < -0.3 is 10.1 Å². The van der Waals surface area contributed by atoms with Gasteiger partial charge in [-0.3, -0.25) is 4.79 Å². The van der Waals surface area contributed by atoms with Gasteiger partial charge in [0, 0.05) is 7.05 Å². The molecule has 0 fully saturated rings. The van der Waals surface area contributed by atoms with E-state index in [2.05, 4.69) is 5.32 Å². The van der Waals surface area contributed by atoms with Gasteiger partial charge in [0.25, 0.3) is 0 Å². The Balaban J connectivity index is 2.25. The molecule has 1 aromatic rings. The number of amides is 1. The van der Waals surface area contributed by atoms with Crippen LogP contribution >= 0.6 is 0 Å². The van der Waals surface area contributed by atoms with E-state index in [4.69, 9.17) is 4.74 Å². The lowest BCUT2D eigenvalue weighted by atomic mass is 10.2. The summed E-state index contributed by atoms with van der Waals surface area (Å²) in [4.78, 5) is 11.2. The second kappa shape index (κ2) is 6.19. The molecule has 1 rings (SSSR count). The first-order valence-corrected chi connectivity index (χ1v) is 5.07. The molecule has 0 saturated carbocycles. The fraction of sp³-hybridized carbons (Fsp3) is 0.417. The molecule has 1 N–H and O–H groups in total. The normalized spacial score (nSPS) is 12.1. The van der Waals surface area contributed by atoms with Crippen LogP contribution in [0.1, 0.15) is 12.5 Å². The van der Waals surface area contributed by atoms with Gasteiger partial charge >= 0.3 is 0 Å². The number of carbonyl (C=O) groups is 1. The van der Waals surface area contributed by atoms with Gasteiger partial charge in [-0.2, -0.15) is 0 Å². The lowest BCUT2D eigenvalue weighted by Crippen LogP contribution is -2.28. The summed E-state index contributed by atoms with van der Waals surface area (Å²) < 4.78 is 5.44. The Morgan fingerprint density at radius 3 is 2.67 bits per heavy atom. The molecular formula is C12H17NO2. The van der Waals surface area contributed by atoms with Crippen LogP contribution in [-0.4, -0.2) is 19.6 Å². The third kappa shape index (κ3) is 4.13. The number of benzene rings is 1. The molecule has 0 heterocycles. The molecule has 0 aliphatic carbocycles. The van der Waals surface area contributed by atoms with Crippen molar-refractivity contribution in [3.8, 4) is 0 Å². The first-order valence-electron chi connectivity index (χ1n) is 5.07. The highest BCUT2D eigenvalue weighted by Crippen LogP contribution is 2.03. The number of carbonyl (C=O) groups excluding carboxylic acids is 1. The largest absolute Gasteiger partial charge is 0.376 e. The van der Waals surface area contributed by atoms with Crippen molar-refractivity contribution in [1.29, 1.82) is 0 Å². The second-order valence-electron chi connectivity index (χ2n) is 3.52. The van der Waals surface area contributed by atoms with Crippen molar-refractivity contribution in [2.75, 3.05) is 13.7 Å². The van der Waals surface area contributed by atoms with E-state index in [1.165, 1.54) is 0 Å². The van der Waals surface area contributed by atoms with E-state index >= 15 is 0 Å². The summed E-state index contributed by atoms with van der Waals surface area (Å²) in [5, 5.41) is 2.59. The van der Waals surface area contributed by atoms with Crippen LogP contribution in [0.15, 0.2) is 30.3 Å². The smallest absolute Gasteiger partial charge is 0.224 e. The predicted molar refractivity (Wildman–Crippen MR) is 59.3 cm³/mol. The molecule has 0 saturated heterocycles. The van der Waals surface area contributed by atoms with Crippen molar-refractivity contribution in [1.82, 2.24) is 5.32 Å². The molecular weight excluding hydrogens is 190 g/mol. The maximum atomic E-state index is 11.2. The number of hydrogen-bond acceptors (Lipinski definition) is 2. The van der Waals surface area contributed by atoms with Crippen LogP contribution in [0, 0.1) is 5.92 Å². The third-order valence-electron chi connectivity index (χ3n) is 2.17. The van der Waals surface area contributed by atoms with Gasteiger partial charge in [-0.05, 0) is 5.56 Å². The van der Waals surface area contributed by atoms with E-state index in [9.17, 15) is 4.79 Å². The van der Waals surface area contributed by atoms with Crippen molar-refractivity contribution in [2.24, 2.45) is 5.92 Å². The van der Waals surface area contributed by atoms with Crippen molar-refractivity contribution < 1.29 is 9.53 Å². The summed E-state index contributed by atoms with van der Waals surface area (Å²) in [5.74, 6) is -0.0817. The van der Waals surface area contributed by atoms with Crippen molar-refractivity contribution >= 4 is 5.91 Å². The Morgan fingerprint density at radius 2 is 2.07 bits per heavy atom. The van der Waals surface area contributed by atoms with E-state index in [1.807, 2.05) is 37.3 Å². The molecule has 0 bridgehead atoms. The van der Waals surface area contributed by atoms with Gasteiger partial charge in [-0.25, -0.2) is 0 Å². The Bertz CT molecular complexity index is 298. The van der Waals surface area contributed by atoms with Crippen LogP contribution in [0.4, 0.5) is 0 Å². The van der Waals surface area contributed by atoms with E-state index in [0.29, 0.717) is 13.2 Å². The minimum absolute atomic E-state index is 0.0167. The zero-order valence-corrected chi connectivity index (χ0v) is 9.19. The molecule has 3 nitrogen and oxygen atoms in total. The maximum Gasteiger partial charge on any atom is 0.224 e. The van der Waals surface area contributed by atoms with Gasteiger partial charge in [0.05, 0.1) is 19.1 Å². The molecule has 0 spiro atoms. The van der Waals surface area contributed by atoms with Gasteiger partial charge in [0.2, 0.25) is 5.91 Å². The zero-order chi connectivity index (χ0) is 11.1. The summed E-state index contributed by atoms with van der Waals surface area (Å²) in [6.45, 7) is 2.86. The van der Waals surface area contributed by atoms with Crippen LogP contribution < -0.4 is 5.32 Å². The summed E-state index contributed by atoms with van der Waals surface area (Å²) in [7, 11) is 1.63. The van der Waals surface area contributed by atoms with Crippen molar-refractivity contribution in [3.63, 3.8) is 0 Å². The lowest BCUT2D eigenvalue weighted by molar-refractivity contribution is -0.126. The third-order valence-corrected chi connectivity index (χ3v) is 2.17. The number of nitrogens with one attached hydrogen (secondary N) is 1. The number of rotatable bonds is 5. The average Bonchev–Trinajstić information content (AvgIpc) is 2.29. The SMILES string of the molecule is CNC(=O)C(C)COCc1ccccc1. The maximum absolute atomic E-state index is 11.2. The topological polar surface area (TPSA) is 38.3 Å². The van der Waals surface area contributed by atoms with Gasteiger partial charge in [-0.1, -0.05) is 37.3 Å². The van der Waals surface area contributed by atoms with Gasteiger partial charge in [0.15, 0.2) is 0 Å². The Hall–Kier alpha value is -1.35. The van der Waals surface area contributed by atoms with E-state index in [-0.39, 0.29) is 11.8 Å². The average molecular weight is 207 g/mol. The summed E-state index contributed by atoms with van der Waals surface area (Å²) in [5.41, 5.74) is 1.13. The summed E-state index contributed by atoms with van der Waals surface area (Å²) in [6, 6.07) is 9.92. The van der Waals surface area contributed by atoms with Crippen LogP contribution in [-0.2, 0) is 16.1 Å². The first kappa shape index (κ1) is 11.7. The molecule has 1 amide bonds. The molecule has 0 aromatic heterocycles. The minimum Gasteiger partial charge on any atom is -0.376 e. The standard InChI is InChI=1S/C12H17NO2/c1-10(12(14)13-2)8-15-9-11-6-4-3-5-7-11/h3-7,10H,8-9H2,1-2H3,(H,13,14). The molecule has 0 aliphatic heterocycles. The Labute approximate surface area is 90.4 Å². The Kier molecular flexibility index (Phi) is 4.84. The zero-order valence-electron chi connectivity index (χ0n) is 9.19. The molecule has 82 valence electrons. The van der Waals surface area contributed by atoms with E-state index < -0.39 is 0 Å². The summed E-state index contributed by atoms with van der Waals surface area (Å²) >= 11 is 0. The molecule has 15 heavy (non-hydrogen) atoms. The van der Waals surface area contributed by atoms with Crippen LogP contribution in [0.5, 0.6) is 0 Å². The molecule has 1 atom stereocenters. The van der Waals surface area contributed by atoms with Crippen molar-refractivity contribution in [3.05, 3.63) is 35.9 Å². The monoisotopic (exact) mass is 207 g/mol. The van der Waals surface area contributed by atoms with Crippen LogP contribution in [0.25, 0.3) is 0 Å². The highest BCUT2D eigenvalue weighted by atomic mass is 16.5. The Morgan fingerprint density at radius 1 is 1.40 bits per heavy atom. The second-order valence-corrected chi connectivity index (χ2v) is 3.52. The molecule has 1 unspecified atom stereocenters. The lowest BCUT2D eigenvalue weighted by Gasteiger charge is -2.10. The summed E-state index contributed by atoms with van der Waals surface area (Å²) in [6.07, 6.45) is 0. The highest BCUT2D eigenvalue weighted by Gasteiger charge is 2.10. The fourth-order valence-electron chi connectivity index (χ4n) is 1.25.